The molecule has 1 aliphatic heterocycles. The molecule has 4 atom stereocenters. The van der Waals surface area contributed by atoms with Gasteiger partial charge in [-0.25, -0.2) is 9.97 Å². The lowest BCUT2D eigenvalue weighted by molar-refractivity contribution is 0.00408. The first kappa shape index (κ1) is 16.0. The Hall–Kier alpha value is -2.23. The fourth-order valence-electron chi connectivity index (χ4n) is 4.88. The molecule has 2 saturated carbocycles. The van der Waals surface area contributed by atoms with Crippen molar-refractivity contribution in [3.63, 3.8) is 0 Å². The average Bonchev–Trinajstić information content (AvgIpc) is 3.50. The highest BCUT2D eigenvalue weighted by atomic mass is 16.5. The Bertz CT molecular complexity index is 857. The standard InChI is InChI=1S/C20H23N5O/c21-11-13-1-2-17-16(9-13)20(23-12-22-17)24-18-3-4-19(15-10-14(15)18)25-5-7-26-8-6-25/h1-2,9,12,14-15,18-19H,3-8,10H2,(H,22,23,24)/t14-,15+,18?,19?/m0/s1. The van der Waals surface area contributed by atoms with E-state index in [1.807, 2.05) is 18.2 Å². The van der Waals surface area contributed by atoms with Crippen LogP contribution in [0.2, 0.25) is 0 Å². The number of anilines is 1. The third-order valence-electron chi connectivity index (χ3n) is 6.28. The van der Waals surface area contributed by atoms with Gasteiger partial charge in [0.15, 0.2) is 0 Å². The van der Waals surface area contributed by atoms with E-state index in [1.54, 1.807) is 6.33 Å². The molecular weight excluding hydrogens is 326 g/mol. The maximum atomic E-state index is 9.19. The smallest absolute Gasteiger partial charge is 0.137 e. The van der Waals surface area contributed by atoms with Crippen LogP contribution in [-0.4, -0.2) is 53.3 Å². The van der Waals surface area contributed by atoms with Crippen LogP contribution in [0.1, 0.15) is 24.8 Å². The summed E-state index contributed by atoms with van der Waals surface area (Å²) in [6.07, 6.45) is 5.34. The first-order valence-corrected chi connectivity index (χ1v) is 9.56. The largest absolute Gasteiger partial charge is 0.379 e. The predicted octanol–water partition coefficient (Wildman–Crippen LogP) is 2.41. The van der Waals surface area contributed by atoms with Crippen molar-refractivity contribution in [3.05, 3.63) is 30.1 Å². The van der Waals surface area contributed by atoms with E-state index in [4.69, 9.17) is 4.74 Å². The molecule has 2 aliphatic carbocycles. The first-order chi connectivity index (χ1) is 12.8. The van der Waals surface area contributed by atoms with E-state index < -0.39 is 0 Å². The van der Waals surface area contributed by atoms with Crippen molar-refractivity contribution in [1.29, 1.82) is 5.26 Å². The minimum absolute atomic E-state index is 0.473. The van der Waals surface area contributed by atoms with Gasteiger partial charge in [-0.15, -0.1) is 0 Å². The van der Waals surface area contributed by atoms with Gasteiger partial charge in [-0.2, -0.15) is 5.26 Å². The topological polar surface area (TPSA) is 74.1 Å². The van der Waals surface area contributed by atoms with Gasteiger partial charge in [-0.1, -0.05) is 0 Å². The Morgan fingerprint density at radius 3 is 2.88 bits per heavy atom. The van der Waals surface area contributed by atoms with Crippen molar-refractivity contribution in [3.8, 4) is 6.07 Å². The van der Waals surface area contributed by atoms with Crippen LogP contribution in [0, 0.1) is 23.2 Å². The van der Waals surface area contributed by atoms with Crippen LogP contribution in [0.25, 0.3) is 10.9 Å². The highest BCUT2D eigenvalue weighted by Crippen LogP contribution is 2.52. The summed E-state index contributed by atoms with van der Waals surface area (Å²) < 4.78 is 5.51. The molecule has 3 fully saturated rings. The number of hydrogen-bond donors (Lipinski definition) is 1. The van der Waals surface area contributed by atoms with Gasteiger partial charge in [-0.3, -0.25) is 4.90 Å². The Morgan fingerprint density at radius 1 is 1.15 bits per heavy atom. The first-order valence-electron chi connectivity index (χ1n) is 9.56. The van der Waals surface area contributed by atoms with Gasteiger partial charge >= 0.3 is 0 Å². The number of hydrogen-bond acceptors (Lipinski definition) is 6. The summed E-state index contributed by atoms with van der Waals surface area (Å²) in [4.78, 5) is 11.5. The van der Waals surface area contributed by atoms with Gasteiger partial charge in [0, 0.05) is 30.6 Å². The van der Waals surface area contributed by atoms with Crippen LogP contribution in [0.4, 0.5) is 5.82 Å². The average molecular weight is 349 g/mol. The molecule has 2 aromatic rings. The zero-order valence-electron chi connectivity index (χ0n) is 14.8. The summed E-state index contributed by atoms with van der Waals surface area (Å²) in [5.41, 5.74) is 1.53. The zero-order valence-corrected chi connectivity index (χ0v) is 14.8. The predicted molar refractivity (Wildman–Crippen MR) is 98.7 cm³/mol. The molecule has 6 nitrogen and oxygen atoms in total. The molecule has 26 heavy (non-hydrogen) atoms. The van der Waals surface area contributed by atoms with Crippen LogP contribution in [0.3, 0.4) is 0 Å². The van der Waals surface area contributed by atoms with E-state index in [-0.39, 0.29) is 0 Å². The van der Waals surface area contributed by atoms with Crippen LogP contribution in [0.5, 0.6) is 0 Å². The quantitative estimate of drug-likeness (QED) is 0.917. The number of nitrogens with one attached hydrogen (secondary N) is 1. The number of nitrogens with zero attached hydrogens (tertiary/aromatic N) is 4. The molecule has 2 unspecified atom stereocenters. The van der Waals surface area contributed by atoms with E-state index in [0.717, 1.165) is 60.9 Å². The van der Waals surface area contributed by atoms with E-state index in [9.17, 15) is 5.26 Å². The summed E-state index contributed by atoms with van der Waals surface area (Å²) in [5.74, 6) is 2.41. The van der Waals surface area contributed by atoms with Crippen molar-refractivity contribution < 1.29 is 4.74 Å². The maximum Gasteiger partial charge on any atom is 0.137 e. The fraction of sp³-hybridized carbons (Fsp3) is 0.550. The zero-order chi connectivity index (χ0) is 17.5. The second kappa shape index (κ2) is 6.49. The molecule has 0 radical (unpaired) electrons. The van der Waals surface area contributed by atoms with Crippen LogP contribution < -0.4 is 5.32 Å². The number of fused-ring (bicyclic) bond motifs is 2. The van der Waals surface area contributed by atoms with Crippen molar-refractivity contribution >= 4 is 16.7 Å². The Labute approximate surface area is 153 Å². The highest BCUT2D eigenvalue weighted by molar-refractivity contribution is 5.89. The van der Waals surface area contributed by atoms with Gasteiger partial charge in [0.2, 0.25) is 0 Å². The van der Waals surface area contributed by atoms with Gasteiger partial charge in [0.1, 0.15) is 12.1 Å². The van der Waals surface area contributed by atoms with Crippen molar-refractivity contribution in [2.75, 3.05) is 31.6 Å². The number of ether oxygens (including phenoxy) is 1. The van der Waals surface area contributed by atoms with Crippen LogP contribution >= 0.6 is 0 Å². The number of aromatic nitrogens is 2. The van der Waals surface area contributed by atoms with Crippen molar-refractivity contribution in [1.82, 2.24) is 14.9 Å². The maximum absolute atomic E-state index is 9.19. The van der Waals surface area contributed by atoms with Gasteiger partial charge in [0.25, 0.3) is 0 Å². The molecule has 1 N–H and O–H groups in total. The second-order valence-electron chi connectivity index (χ2n) is 7.67. The molecule has 0 spiro atoms. The van der Waals surface area contributed by atoms with Crippen LogP contribution in [-0.2, 0) is 4.74 Å². The molecule has 6 heteroatoms. The highest BCUT2D eigenvalue weighted by Gasteiger charge is 2.52. The molecule has 0 bridgehead atoms. The van der Waals surface area contributed by atoms with E-state index in [1.165, 1.54) is 19.3 Å². The normalized spacial score (nSPS) is 31.2. The summed E-state index contributed by atoms with van der Waals surface area (Å²) in [6, 6.07) is 9.01. The third kappa shape index (κ3) is 2.81. The van der Waals surface area contributed by atoms with Gasteiger partial charge < -0.3 is 10.1 Å². The number of morpholine rings is 1. The van der Waals surface area contributed by atoms with E-state index in [0.29, 0.717) is 11.6 Å². The molecule has 5 rings (SSSR count). The van der Waals surface area contributed by atoms with Crippen molar-refractivity contribution in [2.24, 2.45) is 11.8 Å². The molecule has 0 amide bonds. The Balaban J connectivity index is 1.33. The number of nitriles is 1. The Kier molecular flexibility index (Phi) is 3.99. The molecule has 1 saturated heterocycles. The third-order valence-corrected chi connectivity index (χ3v) is 6.28. The SMILES string of the molecule is N#Cc1ccc2ncnc(NC3CCC(N4CCOCC4)[C@@H]4C[C@H]34)c2c1. The van der Waals surface area contributed by atoms with Gasteiger partial charge in [-0.05, 0) is 49.3 Å². The second-order valence-corrected chi connectivity index (χ2v) is 7.67. The minimum Gasteiger partial charge on any atom is -0.379 e. The summed E-state index contributed by atoms with van der Waals surface area (Å²) in [5, 5.41) is 13.8. The van der Waals surface area contributed by atoms with Gasteiger partial charge in [0.05, 0.1) is 30.4 Å². The lowest BCUT2D eigenvalue weighted by Crippen LogP contribution is -2.47. The lowest BCUT2D eigenvalue weighted by Gasteiger charge is -2.38. The monoisotopic (exact) mass is 349 g/mol. The molecule has 2 heterocycles. The minimum atomic E-state index is 0.473. The molecular formula is C20H23N5O. The van der Waals surface area contributed by atoms with Crippen molar-refractivity contribution in [2.45, 2.75) is 31.3 Å². The van der Waals surface area contributed by atoms with Crippen LogP contribution in [0.15, 0.2) is 24.5 Å². The van der Waals surface area contributed by atoms with E-state index >= 15 is 0 Å². The summed E-state index contributed by atoms with van der Waals surface area (Å²) in [7, 11) is 0. The molecule has 1 aromatic heterocycles. The molecule has 3 aliphatic rings. The number of rotatable bonds is 3. The fourth-order valence-corrected chi connectivity index (χ4v) is 4.88. The summed E-state index contributed by atoms with van der Waals surface area (Å²) >= 11 is 0. The summed E-state index contributed by atoms with van der Waals surface area (Å²) in [6.45, 7) is 3.92. The lowest BCUT2D eigenvalue weighted by atomic mass is 9.90. The molecule has 1 aromatic carbocycles. The number of benzene rings is 1. The van der Waals surface area contributed by atoms with E-state index in [2.05, 4.69) is 26.3 Å². The Morgan fingerprint density at radius 2 is 2.04 bits per heavy atom. The molecule has 134 valence electrons.